The molecule has 1 aromatic heterocycles. The zero-order valence-electron chi connectivity index (χ0n) is 16.0. The zero-order valence-corrected chi connectivity index (χ0v) is 16.8. The molecular formula is C22H27N3OS. The van der Waals surface area contributed by atoms with Crippen LogP contribution in [0.25, 0.3) is 21.2 Å². The van der Waals surface area contributed by atoms with Crippen LogP contribution in [0.5, 0.6) is 0 Å². The lowest BCUT2D eigenvalue weighted by Gasteiger charge is -2.18. The third-order valence-corrected chi connectivity index (χ3v) is 6.25. The van der Waals surface area contributed by atoms with Crippen LogP contribution < -0.4 is 11.5 Å². The van der Waals surface area contributed by atoms with E-state index in [1.807, 2.05) is 24.3 Å². The number of nitrogens with zero attached hydrogens (tertiary/aromatic N) is 1. The van der Waals surface area contributed by atoms with Gasteiger partial charge in [0.25, 0.3) is 0 Å². The van der Waals surface area contributed by atoms with Crippen molar-refractivity contribution >= 4 is 38.4 Å². The lowest BCUT2D eigenvalue weighted by Crippen LogP contribution is -2.24. The van der Waals surface area contributed by atoms with Gasteiger partial charge in [-0.05, 0) is 61.3 Å². The average molecular weight is 382 g/mol. The molecule has 0 aliphatic heterocycles. The van der Waals surface area contributed by atoms with Crippen molar-refractivity contribution in [1.82, 2.24) is 4.90 Å². The summed E-state index contributed by atoms with van der Waals surface area (Å²) < 4.78 is 1.12. The van der Waals surface area contributed by atoms with E-state index in [0.717, 1.165) is 60.1 Å². The van der Waals surface area contributed by atoms with Crippen LogP contribution >= 0.6 is 11.3 Å². The molecule has 0 bridgehead atoms. The molecule has 3 aromatic rings. The van der Waals surface area contributed by atoms with E-state index in [9.17, 15) is 4.79 Å². The minimum absolute atomic E-state index is 0.592. The van der Waals surface area contributed by atoms with E-state index in [-0.39, 0.29) is 0 Å². The Kier molecular flexibility index (Phi) is 6.14. The van der Waals surface area contributed by atoms with Crippen LogP contribution in [0.4, 0.5) is 10.7 Å². The normalized spacial score (nSPS) is 11.4. The molecule has 0 fully saturated rings. The Hall–Kier alpha value is -2.37. The number of nitrogen functional groups attached to an aromatic ring is 2. The van der Waals surface area contributed by atoms with Crippen molar-refractivity contribution in [2.24, 2.45) is 0 Å². The van der Waals surface area contributed by atoms with Crippen molar-refractivity contribution in [1.29, 1.82) is 0 Å². The second kappa shape index (κ2) is 8.55. The first-order valence-corrected chi connectivity index (χ1v) is 10.3. The van der Waals surface area contributed by atoms with Gasteiger partial charge in [0.05, 0.1) is 10.6 Å². The summed E-state index contributed by atoms with van der Waals surface area (Å²) >= 11 is 1.52. The highest BCUT2D eigenvalue weighted by Crippen LogP contribution is 2.40. The van der Waals surface area contributed by atoms with Crippen molar-refractivity contribution in [3.05, 3.63) is 47.5 Å². The Bertz CT molecular complexity index is 944. The molecule has 0 aliphatic carbocycles. The lowest BCUT2D eigenvalue weighted by atomic mass is 9.94. The van der Waals surface area contributed by atoms with Crippen LogP contribution in [0.15, 0.2) is 36.4 Å². The van der Waals surface area contributed by atoms with Gasteiger partial charge in [0, 0.05) is 15.8 Å². The average Bonchev–Trinajstić information content (AvgIpc) is 3.00. The van der Waals surface area contributed by atoms with Crippen molar-refractivity contribution in [2.75, 3.05) is 31.1 Å². The van der Waals surface area contributed by atoms with E-state index in [0.29, 0.717) is 10.6 Å². The first-order valence-electron chi connectivity index (χ1n) is 9.46. The van der Waals surface area contributed by atoms with E-state index in [4.69, 9.17) is 11.5 Å². The first kappa shape index (κ1) is 19.4. The molecule has 0 saturated heterocycles. The number of aldehydes is 1. The predicted octanol–water partition coefficient (Wildman–Crippen LogP) is 4.82. The van der Waals surface area contributed by atoms with Crippen LogP contribution in [0.3, 0.4) is 0 Å². The van der Waals surface area contributed by atoms with Gasteiger partial charge in [-0.1, -0.05) is 38.1 Å². The smallest absolute Gasteiger partial charge is 0.153 e. The Morgan fingerprint density at radius 1 is 1.11 bits per heavy atom. The number of carbonyl (C=O) groups is 1. The minimum atomic E-state index is 0.592. The molecule has 0 saturated carbocycles. The van der Waals surface area contributed by atoms with E-state index in [2.05, 4.69) is 30.9 Å². The second-order valence-corrected chi connectivity index (χ2v) is 7.77. The third-order valence-electron chi connectivity index (χ3n) is 5.14. The number of thiophene rings is 1. The Labute approximate surface area is 164 Å². The number of nitrogens with two attached hydrogens (primary N) is 2. The van der Waals surface area contributed by atoms with Crippen LogP contribution in [0.2, 0.25) is 0 Å². The Balaban J connectivity index is 2.07. The third kappa shape index (κ3) is 3.99. The number of aryl methyl sites for hydroxylation is 1. The van der Waals surface area contributed by atoms with Gasteiger partial charge in [-0.25, -0.2) is 0 Å². The fraction of sp³-hybridized carbons (Fsp3) is 0.318. The summed E-state index contributed by atoms with van der Waals surface area (Å²) in [6.45, 7) is 7.56. The van der Waals surface area contributed by atoms with E-state index < -0.39 is 0 Å². The largest absolute Gasteiger partial charge is 0.399 e. The van der Waals surface area contributed by atoms with Crippen LogP contribution in [-0.4, -0.2) is 30.8 Å². The molecule has 4 N–H and O–H groups in total. The number of rotatable bonds is 8. The highest BCUT2D eigenvalue weighted by molar-refractivity contribution is 7.23. The van der Waals surface area contributed by atoms with Gasteiger partial charge in [0.2, 0.25) is 0 Å². The minimum Gasteiger partial charge on any atom is -0.399 e. The highest BCUT2D eigenvalue weighted by atomic mass is 32.1. The Morgan fingerprint density at radius 3 is 2.56 bits per heavy atom. The summed E-state index contributed by atoms with van der Waals surface area (Å²) in [7, 11) is 0. The fourth-order valence-electron chi connectivity index (χ4n) is 3.62. The number of hydrogen-bond donors (Lipinski definition) is 2. The molecule has 142 valence electrons. The van der Waals surface area contributed by atoms with Crippen LogP contribution in [0.1, 0.15) is 36.2 Å². The molecule has 4 nitrogen and oxygen atoms in total. The van der Waals surface area contributed by atoms with Gasteiger partial charge >= 0.3 is 0 Å². The maximum Gasteiger partial charge on any atom is 0.153 e. The van der Waals surface area contributed by atoms with Gasteiger partial charge in [0.1, 0.15) is 0 Å². The van der Waals surface area contributed by atoms with E-state index >= 15 is 0 Å². The first-order chi connectivity index (χ1) is 13.1. The number of anilines is 2. The maximum atomic E-state index is 11.5. The molecule has 2 aromatic carbocycles. The summed E-state index contributed by atoms with van der Waals surface area (Å²) in [5.41, 5.74) is 17.0. The molecular weight excluding hydrogens is 354 g/mol. The second-order valence-electron chi connectivity index (χ2n) is 6.72. The van der Waals surface area contributed by atoms with Crippen LogP contribution in [-0.2, 0) is 6.42 Å². The molecule has 0 radical (unpaired) electrons. The number of fused-ring (bicyclic) bond motifs is 1. The van der Waals surface area contributed by atoms with Gasteiger partial charge in [-0.15, -0.1) is 11.3 Å². The predicted molar refractivity (Wildman–Crippen MR) is 118 cm³/mol. The molecule has 5 heteroatoms. The molecule has 0 spiro atoms. The van der Waals surface area contributed by atoms with Crippen molar-refractivity contribution in [3.63, 3.8) is 0 Å². The maximum absolute atomic E-state index is 11.5. The topological polar surface area (TPSA) is 72.3 Å². The van der Waals surface area contributed by atoms with Crippen molar-refractivity contribution < 1.29 is 4.79 Å². The highest BCUT2D eigenvalue weighted by Gasteiger charge is 2.16. The Morgan fingerprint density at radius 2 is 1.89 bits per heavy atom. The summed E-state index contributed by atoms with van der Waals surface area (Å²) in [5, 5.41) is 1.55. The molecule has 0 amide bonds. The molecule has 1 heterocycles. The van der Waals surface area contributed by atoms with E-state index in [1.165, 1.54) is 22.5 Å². The van der Waals surface area contributed by atoms with E-state index in [1.54, 1.807) is 0 Å². The number of benzene rings is 2. The van der Waals surface area contributed by atoms with Crippen molar-refractivity contribution in [2.45, 2.75) is 26.7 Å². The lowest BCUT2D eigenvalue weighted by molar-refractivity contribution is 0.112. The summed E-state index contributed by atoms with van der Waals surface area (Å²) in [4.78, 5) is 13.9. The monoisotopic (exact) mass is 381 g/mol. The van der Waals surface area contributed by atoms with Gasteiger partial charge in [0.15, 0.2) is 6.29 Å². The molecule has 3 rings (SSSR count). The molecule has 27 heavy (non-hydrogen) atoms. The molecule has 0 atom stereocenters. The van der Waals surface area contributed by atoms with Gasteiger partial charge in [-0.3, -0.25) is 4.79 Å². The number of carbonyl (C=O) groups excluding carboxylic acids is 1. The number of hydrogen-bond acceptors (Lipinski definition) is 5. The van der Waals surface area contributed by atoms with Crippen molar-refractivity contribution in [3.8, 4) is 11.1 Å². The summed E-state index contributed by atoms with van der Waals surface area (Å²) in [5.74, 6) is 0. The SMILES string of the molecule is CCN(CC)CCCc1c(-c2cccc(N)c2)ccc2c(C=O)c(N)sc12. The van der Waals surface area contributed by atoms with Crippen LogP contribution in [0, 0.1) is 0 Å². The zero-order chi connectivity index (χ0) is 19.4. The van der Waals surface area contributed by atoms with Gasteiger partial charge < -0.3 is 16.4 Å². The van der Waals surface area contributed by atoms with Gasteiger partial charge in [-0.2, -0.15) is 0 Å². The molecule has 0 unspecified atom stereocenters. The summed E-state index contributed by atoms with van der Waals surface area (Å²) in [6, 6.07) is 12.1. The standard InChI is InChI=1S/C22H27N3OS/c1-3-25(4-2)12-6-9-18-17(15-7-5-8-16(23)13-15)10-11-19-20(14-26)22(24)27-21(18)19/h5,7-8,10-11,13-14H,3-4,6,9,12,23-24H2,1-2H3. The summed E-state index contributed by atoms with van der Waals surface area (Å²) in [6.07, 6.45) is 2.87. The fourth-order valence-corrected chi connectivity index (χ4v) is 4.73. The quantitative estimate of drug-likeness (QED) is 0.433. The molecule has 0 aliphatic rings.